The number of nitrogens with two attached hydrogens (primary N) is 1. The lowest BCUT2D eigenvalue weighted by Gasteiger charge is -2.28. The number of anilines is 1. The third-order valence-corrected chi connectivity index (χ3v) is 3.84. The number of carbonyl (C=O) groups excluding carboxylic acids is 1. The standard InChI is InChI=1S/C16H24N4O3/c1-5-23-14(21)9-20-16(15(10(2)3)18-19-20)12-8-11(22-4)6-7-13(12)17/h6-8,10,15-16H,5,9,17H2,1-4H3. The quantitative estimate of drug-likeness (QED) is 0.643. The molecule has 0 fully saturated rings. The molecule has 1 aromatic rings. The lowest BCUT2D eigenvalue weighted by Crippen LogP contribution is -2.34. The van der Waals surface area contributed by atoms with Crippen LogP contribution in [0.5, 0.6) is 5.75 Å². The van der Waals surface area contributed by atoms with Crippen molar-refractivity contribution in [1.29, 1.82) is 0 Å². The molecule has 23 heavy (non-hydrogen) atoms. The molecular formula is C16H24N4O3. The Morgan fingerprint density at radius 2 is 2.17 bits per heavy atom. The molecule has 0 spiro atoms. The average molecular weight is 320 g/mol. The number of methoxy groups -OCH3 is 1. The average Bonchev–Trinajstić information content (AvgIpc) is 2.91. The van der Waals surface area contributed by atoms with E-state index in [4.69, 9.17) is 15.2 Å². The highest BCUT2D eigenvalue weighted by Crippen LogP contribution is 2.39. The number of hydrogen-bond donors (Lipinski definition) is 1. The zero-order valence-electron chi connectivity index (χ0n) is 14.0. The van der Waals surface area contributed by atoms with Crippen molar-refractivity contribution in [2.24, 2.45) is 16.3 Å². The summed E-state index contributed by atoms with van der Waals surface area (Å²) in [6, 6.07) is 5.19. The van der Waals surface area contributed by atoms with Gasteiger partial charge in [0.25, 0.3) is 0 Å². The van der Waals surface area contributed by atoms with Gasteiger partial charge in [0.2, 0.25) is 0 Å². The third kappa shape index (κ3) is 3.72. The van der Waals surface area contributed by atoms with E-state index in [1.807, 2.05) is 12.1 Å². The summed E-state index contributed by atoms with van der Waals surface area (Å²) in [4.78, 5) is 11.8. The second kappa shape index (κ2) is 7.30. The Hall–Kier alpha value is -2.31. The molecule has 1 heterocycles. The van der Waals surface area contributed by atoms with E-state index in [0.29, 0.717) is 18.0 Å². The number of rotatable bonds is 6. The van der Waals surface area contributed by atoms with E-state index in [0.717, 1.165) is 5.56 Å². The molecule has 2 N–H and O–H groups in total. The number of esters is 1. The molecule has 0 amide bonds. The monoisotopic (exact) mass is 320 g/mol. The summed E-state index contributed by atoms with van der Waals surface area (Å²) in [6.45, 7) is 6.30. The van der Waals surface area contributed by atoms with E-state index >= 15 is 0 Å². The molecule has 126 valence electrons. The first-order chi connectivity index (χ1) is 11.0. The van der Waals surface area contributed by atoms with Crippen LogP contribution in [0, 0.1) is 5.92 Å². The fourth-order valence-corrected chi connectivity index (χ4v) is 2.67. The lowest BCUT2D eigenvalue weighted by molar-refractivity contribution is -0.145. The molecule has 1 aliphatic rings. The Kier molecular flexibility index (Phi) is 5.41. The summed E-state index contributed by atoms with van der Waals surface area (Å²) in [6.07, 6.45) is 0. The molecule has 2 rings (SSSR count). The molecule has 2 atom stereocenters. The van der Waals surface area contributed by atoms with Gasteiger partial charge in [0.1, 0.15) is 24.4 Å². The molecule has 0 bridgehead atoms. The lowest BCUT2D eigenvalue weighted by atomic mass is 9.90. The van der Waals surface area contributed by atoms with Crippen LogP contribution in [0.3, 0.4) is 0 Å². The summed E-state index contributed by atoms with van der Waals surface area (Å²) in [5.41, 5.74) is 7.64. The zero-order valence-corrected chi connectivity index (χ0v) is 14.0. The van der Waals surface area contributed by atoms with Gasteiger partial charge >= 0.3 is 5.97 Å². The van der Waals surface area contributed by atoms with Gasteiger partial charge in [-0.3, -0.25) is 9.80 Å². The number of carbonyl (C=O) groups is 1. The summed E-state index contributed by atoms with van der Waals surface area (Å²) in [5, 5.41) is 10.2. The van der Waals surface area contributed by atoms with Crippen molar-refractivity contribution in [2.45, 2.75) is 32.9 Å². The maximum absolute atomic E-state index is 11.8. The minimum Gasteiger partial charge on any atom is -0.497 e. The Labute approximate surface area is 136 Å². The second-order valence-electron chi connectivity index (χ2n) is 5.78. The van der Waals surface area contributed by atoms with Crippen LogP contribution in [0.1, 0.15) is 32.4 Å². The van der Waals surface area contributed by atoms with Gasteiger partial charge < -0.3 is 15.2 Å². The van der Waals surface area contributed by atoms with Gasteiger partial charge in [-0.05, 0) is 31.0 Å². The van der Waals surface area contributed by atoms with Crippen LogP contribution in [0.2, 0.25) is 0 Å². The van der Waals surface area contributed by atoms with Crippen LogP contribution in [0.15, 0.2) is 28.5 Å². The van der Waals surface area contributed by atoms with Crippen molar-refractivity contribution < 1.29 is 14.3 Å². The fraction of sp³-hybridized carbons (Fsp3) is 0.562. The number of nitrogens with zero attached hydrogens (tertiary/aromatic N) is 3. The predicted molar refractivity (Wildman–Crippen MR) is 87.0 cm³/mol. The van der Waals surface area contributed by atoms with Crippen LogP contribution < -0.4 is 10.5 Å². The van der Waals surface area contributed by atoms with Crippen LogP contribution in [-0.2, 0) is 9.53 Å². The predicted octanol–water partition coefficient (Wildman–Crippen LogP) is 2.59. The molecule has 0 saturated heterocycles. The van der Waals surface area contributed by atoms with Crippen LogP contribution in [-0.4, -0.2) is 37.3 Å². The number of ether oxygens (including phenoxy) is 2. The minimum absolute atomic E-state index is 0.0435. The zero-order chi connectivity index (χ0) is 17.0. The first-order valence-electron chi connectivity index (χ1n) is 7.74. The van der Waals surface area contributed by atoms with E-state index in [1.54, 1.807) is 25.1 Å². The van der Waals surface area contributed by atoms with Gasteiger partial charge in [0, 0.05) is 11.3 Å². The Balaban J connectivity index is 2.34. The van der Waals surface area contributed by atoms with Crippen molar-refractivity contribution in [2.75, 3.05) is 26.0 Å². The Bertz CT molecular complexity index is 589. The first kappa shape index (κ1) is 17.1. The second-order valence-corrected chi connectivity index (χ2v) is 5.78. The molecule has 0 saturated carbocycles. The van der Waals surface area contributed by atoms with Gasteiger partial charge in [-0.25, -0.2) is 0 Å². The smallest absolute Gasteiger partial charge is 0.327 e. The molecule has 0 radical (unpaired) electrons. The van der Waals surface area contributed by atoms with E-state index in [9.17, 15) is 4.79 Å². The molecule has 1 aromatic carbocycles. The van der Waals surface area contributed by atoms with E-state index < -0.39 is 0 Å². The fourth-order valence-electron chi connectivity index (χ4n) is 2.67. The van der Waals surface area contributed by atoms with Gasteiger partial charge in [-0.1, -0.05) is 19.1 Å². The largest absolute Gasteiger partial charge is 0.497 e. The molecule has 0 aromatic heterocycles. The molecule has 0 aliphatic carbocycles. The SMILES string of the molecule is CCOC(=O)CN1N=NC(C(C)C)C1c1cc(OC)ccc1N. The highest BCUT2D eigenvalue weighted by Gasteiger charge is 2.38. The normalized spacial score (nSPS) is 20.1. The number of benzene rings is 1. The number of nitrogen functional groups attached to an aromatic ring is 1. The van der Waals surface area contributed by atoms with E-state index in [2.05, 4.69) is 24.2 Å². The van der Waals surface area contributed by atoms with Crippen molar-refractivity contribution in [3.05, 3.63) is 23.8 Å². The topological polar surface area (TPSA) is 89.5 Å². The summed E-state index contributed by atoms with van der Waals surface area (Å²) < 4.78 is 10.3. The van der Waals surface area contributed by atoms with E-state index in [1.165, 1.54) is 0 Å². The van der Waals surface area contributed by atoms with Crippen molar-refractivity contribution in [1.82, 2.24) is 5.01 Å². The Morgan fingerprint density at radius 3 is 2.78 bits per heavy atom. The summed E-state index contributed by atoms with van der Waals surface area (Å²) in [7, 11) is 1.61. The van der Waals surface area contributed by atoms with Crippen molar-refractivity contribution in [3.8, 4) is 5.75 Å². The van der Waals surface area contributed by atoms with Crippen LogP contribution >= 0.6 is 0 Å². The van der Waals surface area contributed by atoms with Gasteiger partial charge in [-0.15, -0.1) is 0 Å². The molecule has 1 aliphatic heterocycles. The molecule has 2 unspecified atom stereocenters. The van der Waals surface area contributed by atoms with E-state index in [-0.39, 0.29) is 30.5 Å². The molecule has 7 heteroatoms. The Morgan fingerprint density at radius 1 is 1.43 bits per heavy atom. The van der Waals surface area contributed by atoms with Gasteiger partial charge in [0.15, 0.2) is 0 Å². The number of hydrogen-bond acceptors (Lipinski definition) is 7. The first-order valence-corrected chi connectivity index (χ1v) is 7.74. The maximum Gasteiger partial charge on any atom is 0.327 e. The van der Waals surface area contributed by atoms with Gasteiger partial charge in [0.05, 0.1) is 13.7 Å². The summed E-state index contributed by atoms with van der Waals surface area (Å²) >= 11 is 0. The van der Waals surface area contributed by atoms with Crippen LogP contribution in [0.25, 0.3) is 0 Å². The summed E-state index contributed by atoms with van der Waals surface area (Å²) in [5.74, 6) is 0.628. The molecular weight excluding hydrogens is 296 g/mol. The van der Waals surface area contributed by atoms with Gasteiger partial charge in [-0.2, -0.15) is 5.11 Å². The molecule has 7 nitrogen and oxygen atoms in total. The highest BCUT2D eigenvalue weighted by atomic mass is 16.5. The maximum atomic E-state index is 11.8. The minimum atomic E-state index is -0.331. The van der Waals surface area contributed by atoms with Crippen molar-refractivity contribution >= 4 is 11.7 Å². The van der Waals surface area contributed by atoms with Crippen LogP contribution in [0.4, 0.5) is 5.69 Å². The highest BCUT2D eigenvalue weighted by molar-refractivity contribution is 5.71. The van der Waals surface area contributed by atoms with Crippen molar-refractivity contribution in [3.63, 3.8) is 0 Å². The third-order valence-electron chi connectivity index (χ3n) is 3.84.